The number of pyridine rings is 1. The summed E-state index contributed by atoms with van der Waals surface area (Å²) in [6, 6.07) is 9.52. The lowest BCUT2D eigenvalue weighted by atomic mass is 10.1. The minimum Gasteiger partial charge on any atom is -0.348 e. The number of rotatable bonds is 5. The van der Waals surface area contributed by atoms with Crippen LogP contribution < -0.4 is 10.9 Å². The monoisotopic (exact) mass is 404 g/mol. The molecule has 1 aromatic carbocycles. The van der Waals surface area contributed by atoms with Crippen molar-refractivity contribution in [2.24, 2.45) is 0 Å². The molecule has 128 valence electrons. The Labute approximate surface area is 151 Å². The SMILES string of the molecule is C[C@H](NC(=O)Cn1cc([N+](=O)[O-])cc(C#N)c1=O)c1ccc(Br)cc1. The van der Waals surface area contributed by atoms with Crippen LogP contribution in [0.1, 0.15) is 24.1 Å². The largest absolute Gasteiger partial charge is 0.348 e. The highest BCUT2D eigenvalue weighted by Crippen LogP contribution is 2.16. The van der Waals surface area contributed by atoms with Crippen LogP contribution in [-0.2, 0) is 11.3 Å². The van der Waals surface area contributed by atoms with E-state index in [0.29, 0.717) is 0 Å². The molecule has 1 amide bonds. The van der Waals surface area contributed by atoms with Crippen LogP contribution in [0.25, 0.3) is 0 Å². The molecule has 0 unspecified atom stereocenters. The van der Waals surface area contributed by atoms with Gasteiger partial charge in [0.25, 0.3) is 11.2 Å². The van der Waals surface area contributed by atoms with E-state index < -0.39 is 28.6 Å². The van der Waals surface area contributed by atoms with E-state index in [2.05, 4.69) is 21.2 Å². The van der Waals surface area contributed by atoms with Gasteiger partial charge in [0.15, 0.2) is 0 Å². The Balaban J connectivity index is 2.19. The maximum atomic E-state index is 12.2. The van der Waals surface area contributed by atoms with Gasteiger partial charge in [-0.2, -0.15) is 5.26 Å². The molecule has 0 aliphatic heterocycles. The number of nitriles is 1. The van der Waals surface area contributed by atoms with E-state index in [1.54, 1.807) is 13.0 Å². The molecule has 2 rings (SSSR count). The van der Waals surface area contributed by atoms with Gasteiger partial charge in [-0.05, 0) is 24.6 Å². The van der Waals surface area contributed by atoms with E-state index >= 15 is 0 Å². The number of carbonyl (C=O) groups is 1. The summed E-state index contributed by atoms with van der Waals surface area (Å²) < 4.78 is 1.77. The molecule has 8 nitrogen and oxygen atoms in total. The first-order chi connectivity index (χ1) is 11.8. The van der Waals surface area contributed by atoms with E-state index in [1.165, 1.54) is 0 Å². The second kappa shape index (κ2) is 7.72. The van der Waals surface area contributed by atoms with Crippen molar-refractivity contribution in [2.45, 2.75) is 19.5 Å². The molecule has 25 heavy (non-hydrogen) atoms. The van der Waals surface area contributed by atoms with Crippen molar-refractivity contribution in [1.29, 1.82) is 5.26 Å². The molecule has 2 aromatic rings. The van der Waals surface area contributed by atoms with Gasteiger partial charge in [-0.25, -0.2) is 0 Å². The first-order valence-electron chi connectivity index (χ1n) is 7.15. The van der Waals surface area contributed by atoms with Gasteiger partial charge >= 0.3 is 0 Å². The molecule has 0 saturated carbocycles. The Morgan fingerprint density at radius 3 is 2.64 bits per heavy atom. The number of carbonyl (C=O) groups excluding carboxylic acids is 1. The number of benzene rings is 1. The summed E-state index contributed by atoms with van der Waals surface area (Å²) >= 11 is 3.32. The normalized spacial score (nSPS) is 11.4. The van der Waals surface area contributed by atoms with Crippen LogP contribution in [-0.4, -0.2) is 15.4 Å². The highest BCUT2D eigenvalue weighted by molar-refractivity contribution is 9.10. The smallest absolute Gasteiger partial charge is 0.287 e. The van der Waals surface area contributed by atoms with Crippen molar-refractivity contribution in [3.05, 3.63) is 72.6 Å². The van der Waals surface area contributed by atoms with Crippen LogP contribution in [0.4, 0.5) is 5.69 Å². The van der Waals surface area contributed by atoms with Crippen molar-refractivity contribution in [3.8, 4) is 6.07 Å². The van der Waals surface area contributed by atoms with Crippen LogP contribution in [0.5, 0.6) is 0 Å². The van der Waals surface area contributed by atoms with Gasteiger partial charge in [0.1, 0.15) is 18.2 Å². The Morgan fingerprint density at radius 1 is 1.44 bits per heavy atom. The Kier molecular flexibility index (Phi) is 5.67. The minimum absolute atomic E-state index is 0.314. The third-order valence-corrected chi connectivity index (χ3v) is 3.99. The Bertz CT molecular complexity index is 915. The molecule has 0 aliphatic carbocycles. The summed E-state index contributed by atoms with van der Waals surface area (Å²) in [6.07, 6.45) is 0.951. The molecule has 0 fully saturated rings. The lowest BCUT2D eigenvalue weighted by molar-refractivity contribution is -0.385. The predicted molar refractivity (Wildman–Crippen MR) is 92.8 cm³/mol. The lowest BCUT2D eigenvalue weighted by Gasteiger charge is -2.15. The number of nitrogens with zero attached hydrogens (tertiary/aromatic N) is 3. The van der Waals surface area contributed by atoms with E-state index in [-0.39, 0.29) is 11.6 Å². The maximum absolute atomic E-state index is 12.2. The number of aromatic nitrogens is 1. The predicted octanol–water partition coefficient (Wildman–Crippen LogP) is 2.27. The summed E-state index contributed by atoms with van der Waals surface area (Å²) in [5.74, 6) is -0.498. The highest BCUT2D eigenvalue weighted by Gasteiger charge is 2.16. The Hall–Kier alpha value is -2.99. The lowest BCUT2D eigenvalue weighted by Crippen LogP contribution is -2.34. The zero-order valence-corrected chi connectivity index (χ0v) is 14.7. The fourth-order valence-electron chi connectivity index (χ4n) is 2.19. The van der Waals surface area contributed by atoms with E-state index in [9.17, 15) is 19.7 Å². The third kappa shape index (κ3) is 4.51. The van der Waals surface area contributed by atoms with Crippen LogP contribution in [0.3, 0.4) is 0 Å². The molecule has 0 radical (unpaired) electrons. The van der Waals surface area contributed by atoms with Crippen molar-refractivity contribution in [1.82, 2.24) is 9.88 Å². The number of nitro groups is 1. The van der Waals surface area contributed by atoms with Gasteiger partial charge in [0, 0.05) is 10.5 Å². The number of hydrogen-bond donors (Lipinski definition) is 1. The first-order valence-corrected chi connectivity index (χ1v) is 7.95. The number of amides is 1. The van der Waals surface area contributed by atoms with E-state index in [4.69, 9.17) is 5.26 Å². The minimum atomic E-state index is -0.750. The van der Waals surface area contributed by atoms with Gasteiger partial charge in [-0.1, -0.05) is 28.1 Å². The Morgan fingerprint density at radius 2 is 2.08 bits per heavy atom. The second-order valence-electron chi connectivity index (χ2n) is 5.25. The number of halogens is 1. The molecular weight excluding hydrogens is 392 g/mol. The van der Waals surface area contributed by atoms with Crippen molar-refractivity contribution >= 4 is 27.5 Å². The topological polar surface area (TPSA) is 118 Å². The van der Waals surface area contributed by atoms with Crippen molar-refractivity contribution < 1.29 is 9.72 Å². The molecule has 1 heterocycles. The van der Waals surface area contributed by atoms with Crippen molar-refractivity contribution in [2.75, 3.05) is 0 Å². The molecule has 9 heteroatoms. The number of hydrogen-bond acceptors (Lipinski definition) is 5. The van der Waals surface area contributed by atoms with Crippen LogP contribution >= 0.6 is 15.9 Å². The molecular formula is C16H13BrN4O4. The standard InChI is InChI=1S/C16H13BrN4O4/c1-10(11-2-4-13(17)5-3-11)19-15(22)9-20-8-14(21(24)25)6-12(7-18)16(20)23/h2-6,8,10H,9H2,1H3,(H,19,22)/t10-/m0/s1. The van der Waals surface area contributed by atoms with Crippen LogP contribution in [0.2, 0.25) is 0 Å². The zero-order chi connectivity index (χ0) is 18.6. The third-order valence-electron chi connectivity index (χ3n) is 3.46. The molecule has 0 saturated heterocycles. The van der Waals surface area contributed by atoms with Gasteiger partial charge in [-0.3, -0.25) is 24.3 Å². The van der Waals surface area contributed by atoms with E-state index in [1.807, 2.05) is 24.3 Å². The van der Waals surface area contributed by atoms with Gasteiger partial charge < -0.3 is 5.32 Å². The van der Waals surface area contributed by atoms with Gasteiger partial charge in [0.2, 0.25) is 5.91 Å². The van der Waals surface area contributed by atoms with Gasteiger partial charge in [-0.15, -0.1) is 0 Å². The molecule has 0 aliphatic rings. The van der Waals surface area contributed by atoms with Crippen LogP contribution in [0.15, 0.2) is 45.8 Å². The second-order valence-corrected chi connectivity index (χ2v) is 6.17. The average molecular weight is 405 g/mol. The molecule has 1 N–H and O–H groups in total. The summed E-state index contributed by atoms with van der Waals surface area (Å²) in [5.41, 5.74) is -0.701. The first kappa shape index (κ1) is 18.4. The summed E-state index contributed by atoms with van der Waals surface area (Å²) in [5, 5.41) is 22.5. The maximum Gasteiger partial charge on any atom is 0.287 e. The zero-order valence-electron chi connectivity index (χ0n) is 13.1. The molecule has 1 aromatic heterocycles. The fourth-order valence-corrected chi connectivity index (χ4v) is 2.46. The summed E-state index contributed by atoms with van der Waals surface area (Å²) in [6.45, 7) is 1.36. The van der Waals surface area contributed by atoms with Crippen LogP contribution in [0, 0.1) is 21.4 Å². The molecule has 0 spiro atoms. The van der Waals surface area contributed by atoms with Gasteiger partial charge in [0.05, 0.1) is 17.2 Å². The summed E-state index contributed by atoms with van der Waals surface area (Å²) in [7, 11) is 0. The highest BCUT2D eigenvalue weighted by atomic mass is 79.9. The molecule has 1 atom stereocenters. The number of nitrogens with one attached hydrogen (secondary N) is 1. The van der Waals surface area contributed by atoms with Crippen molar-refractivity contribution in [3.63, 3.8) is 0 Å². The summed E-state index contributed by atoms with van der Waals surface area (Å²) in [4.78, 5) is 34.4. The fraction of sp³-hybridized carbons (Fsp3) is 0.188. The average Bonchev–Trinajstić information content (AvgIpc) is 2.56. The molecule has 0 bridgehead atoms. The quantitative estimate of drug-likeness (QED) is 0.605. The van der Waals surface area contributed by atoms with E-state index in [0.717, 1.165) is 26.9 Å².